The summed E-state index contributed by atoms with van der Waals surface area (Å²) in [7, 11) is 0. The molecule has 1 aromatic heterocycles. The van der Waals surface area contributed by atoms with E-state index in [1.807, 2.05) is 35.2 Å². The molecule has 0 spiro atoms. The molecule has 2 aliphatic heterocycles. The van der Waals surface area contributed by atoms with E-state index in [2.05, 4.69) is 33.3 Å². The highest BCUT2D eigenvalue weighted by atomic mass is 35.5. The number of fused-ring (bicyclic) bond motifs is 1. The Morgan fingerprint density at radius 2 is 1.66 bits per heavy atom. The number of benzene rings is 3. The van der Waals surface area contributed by atoms with Crippen LogP contribution in [0.3, 0.4) is 0 Å². The number of nitrogens with one attached hydrogen (secondary N) is 1. The molecule has 0 aliphatic carbocycles. The summed E-state index contributed by atoms with van der Waals surface area (Å²) in [6.45, 7) is 5.90. The van der Waals surface area contributed by atoms with Gasteiger partial charge < -0.3 is 19.5 Å². The molecule has 3 heterocycles. The molecule has 0 saturated carbocycles. The molecule has 228 valence electrons. The van der Waals surface area contributed by atoms with Crippen LogP contribution in [0, 0.1) is 0 Å². The van der Waals surface area contributed by atoms with E-state index in [9.17, 15) is 14.4 Å². The molecule has 1 N–H and O–H groups in total. The number of carbonyl (C=O) groups excluding carboxylic acids is 2. The molecule has 2 saturated heterocycles. The third-order valence-electron chi connectivity index (χ3n) is 8.62. The number of carbonyl (C=O) groups is 2. The number of anilines is 1. The Kier molecular flexibility index (Phi) is 9.28. The van der Waals surface area contributed by atoms with Crippen molar-refractivity contribution >= 4 is 40.1 Å². The molecule has 0 bridgehead atoms. The lowest BCUT2D eigenvalue weighted by Gasteiger charge is -2.38. The second-order valence-electron chi connectivity index (χ2n) is 11.6. The fourth-order valence-electron chi connectivity index (χ4n) is 6.18. The van der Waals surface area contributed by atoms with Gasteiger partial charge >= 0.3 is 0 Å². The smallest absolute Gasteiger partial charge is 0.287 e. The van der Waals surface area contributed by atoms with Gasteiger partial charge in [0, 0.05) is 75.1 Å². The van der Waals surface area contributed by atoms with Gasteiger partial charge in [-0.2, -0.15) is 0 Å². The number of hydrogen-bond donors (Lipinski definition) is 1. The maximum atomic E-state index is 13.3. The van der Waals surface area contributed by atoms with Gasteiger partial charge in [-0.25, -0.2) is 0 Å². The molecule has 2 amide bonds. The highest BCUT2D eigenvalue weighted by molar-refractivity contribution is 6.30. The average molecular weight is 613 g/mol. The van der Waals surface area contributed by atoms with Crippen molar-refractivity contribution in [2.24, 2.45) is 0 Å². The van der Waals surface area contributed by atoms with E-state index in [0.29, 0.717) is 35.4 Å². The third-order valence-corrected chi connectivity index (χ3v) is 8.87. The molecule has 1 atom stereocenters. The van der Waals surface area contributed by atoms with E-state index in [1.54, 1.807) is 24.3 Å². The predicted octanol–water partition coefficient (Wildman–Crippen LogP) is 5.12. The van der Waals surface area contributed by atoms with Gasteiger partial charge in [0.1, 0.15) is 5.58 Å². The van der Waals surface area contributed by atoms with Gasteiger partial charge in [-0.1, -0.05) is 54.1 Å². The molecule has 2 aliphatic rings. The van der Waals surface area contributed by atoms with Crippen LogP contribution in [0.2, 0.25) is 5.02 Å². The van der Waals surface area contributed by atoms with Crippen molar-refractivity contribution in [2.45, 2.75) is 38.3 Å². The molecule has 8 nitrogen and oxygen atoms in total. The lowest BCUT2D eigenvalue weighted by Crippen LogP contribution is -2.48. The zero-order chi connectivity index (χ0) is 30.5. The van der Waals surface area contributed by atoms with Gasteiger partial charge in [-0.15, -0.1) is 0 Å². The molecule has 0 radical (unpaired) electrons. The number of para-hydroxylation sites is 2. The van der Waals surface area contributed by atoms with E-state index < -0.39 is 5.91 Å². The number of amides is 2. The minimum atomic E-state index is -0.398. The number of nitrogens with zero attached hydrogens (tertiary/aromatic N) is 3. The summed E-state index contributed by atoms with van der Waals surface area (Å²) in [6, 6.07) is 24.1. The Morgan fingerprint density at radius 1 is 0.909 bits per heavy atom. The summed E-state index contributed by atoms with van der Waals surface area (Å²) < 4.78 is 5.81. The van der Waals surface area contributed by atoms with E-state index in [1.165, 1.54) is 17.3 Å². The third kappa shape index (κ3) is 7.14. The second-order valence-corrected chi connectivity index (χ2v) is 12.1. The highest BCUT2D eigenvalue weighted by Crippen LogP contribution is 2.25. The molecule has 6 rings (SSSR count). The van der Waals surface area contributed by atoms with Crippen molar-refractivity contribution in [3.63, 3.8) is 0 Å². The number of piperazine rings is 1. The lowest BCUT2D eigenvalue weighted by atomic mass is 10.0. The largest absolute Gasteiger partial charge is 0.451 e. The van der Waals surface area contributed by atoms with Crippen molar-refractivity contribution in [3.05, 3.63) is 111 Å². The molecule has 4 aromatic rings. The molecule has 2 fully saturated rings. The summed E-state index contributed by atoms with van der Waals surface area (Å²) in [6.07, 6.45) is 2.95. The fraction of sp³-hybridized carbons (Fsp3) is 0.343. The fourth-order valence-corrected chi connectivity index (χ4v) is 6.31. The molecule has 9 heteroatoms. The average Bonchev–Trinajstić information content (AvgIpc) is 3.45. The first-order valence-electron chi connectivity index (χ1n) is 15.3. The molecule has 44 heavy (non-hydrogen) atoms. The van der Waals surface area contributed by atoms with Gasteiger partial charge in [0.05, 0.1) is 5.39 Å². The van der Waals surface area contributed by atoms with Crippen LogP contribution in [-0.2, 0) is 17.8 Å². The second kappa shape index (κ2) is 13.7. The maximum Gasteiger partial charge on any atom is 0.287 e. The minimum absolute atomic E-state index is 0.0118. The lowest BCUT2D eigenvalue weighted by molar-refractivity contribution is -0.128. The van der Waals surface area contributed by atoms with Crippen LogP contribution < -0.4 is 15.6 Å². The first-order valence-corrected chi connectivity index (χ1v) is 15.7. The van der Waals surface area contributed by atoms with Crippen molar-refractivity contribution in [3.8, 4) is 0 Å². The maximum absolute atomic E-state index is 13.3. The van der Waals surface area contributed by atoms with Crippen LogP contribution in [0.1, 0.15) is 40.9 Å². The summed E-state index contributed by atoms with van der Waals surface area (Å²) in [5, 5.41) is 4.25. The SMILES string of the molecule is O=C(N[C@@H](CCN1CCN(c2ccccc2CN2CCCC2=O)CC1)Cc1ccc(Cl)cc1)c1cc(=O)c2ccccc2o1. The Bertz CT molecular complexity index is 1680. The van der Waals surface area contributed by atoms with Gasteiger partial charge in [0.15, 0.2) is 11.2 Å². The Morgan fingerprint density at radius 3 is 2.43 bits per heavy atom. The van der Waals surface area contributed by atoms with Gasteiger partial charge in [-0.05, 0) is 60.7 Å². The Balaban J connectivity index is 1.09. The van der Waals surface area contributed by atoms with Crippen LogP contribution >= 0.6 is 11.6 Å². The van der Waals surface area contributed by atoms with Crippen LogP contribution in [0.15, 0.2) is 88.1 Å². The predicted molar refractivity (Wildman–Crippen MR) is 173 cm³/mol. The quantitative estimate of drug-likeness (QED) is 0.268. The van der Waals surface area contributed by atoms with Gasteiger partial charge in [-0.3, -0.25) is 19.3 Å². The zero-order valence-corrected chi connectivity index (χ0v) is 25.5. The first kappa shape index (κ1) is 29.9. The number of rotatable bonds is 10. The van der Waals surface area contributed by atoms with E-state index >= 15 is 0 Å². The monoisotopic (exact) mass is 612 g/mol. The molecular formula is C35H37ClN4O4. The summed E-state index contributed by atoms with van der Waals surface area (Å²) in [5.74, 6) is -0.143. The van der Waals surface area contributed by atoms with Crippen molar-refractivity contribution in [1.82, 2.24) is 15.1 Å². The highest BCUT2D eigenvalue weighted by Gasteiger charge is 2.25. The standard InChI is InChI=1S/C35H37ClN4O4/c36-27-13-11-25(12-14-27)22-28(37-35(43)33-23-31(41)29-7-2-4-9-32(29)44-33)15-17-38-18-20-39(21-19-38)30-8-3-1-6-26(30)24-40-16-5-10-34(40)42/h1-4,6-9,11-14,23,28H,5,10,15-22,24H2,(H,37,43)/t28-/m0/s1. The number of halogens is 1. The minimum Gasteiger partial charge on any atom is -0.451 e. The van der Waals surface area contributed by atoms with Crippen molar-refractivity contribution in [2.75, 3.05) is 44.2 Å². The molecule has 0 unspecified atom stereocenters. The van der Waals surface area contributed by atoms with Crippen LogP contribution in [0.5, 0.6) is 0 Å². The molecule has 3 aromatic carbocycles. The van der Waals surface area contributed by atoms with Crippen LogP contribution in [0.4, 0.5) is 5.69 Å². The van der Waals surface area contributed by atoms with E-state index in [0.717, 1.165) is 57.7 Å². The van der Waals surface area contributed by atoms with Gasteiger partial charge in [0.25, 0.3) is 5.91 Å². The Hall–Kier alpha value is -4.14. The van der Waals surface area contributed by atoms with Crippen LogP contribution in [-0.4, -0.2) is 66.9 Å². The number of likely N-dealkylation sites (tertiary alicyclic amines) is 1. The normalized spacial score (nSPS) is 16.4. The van der Waals surface area contributed by atoms with Crippen molar-refractivity contribution < 1.29 is 14.0 Å². The topological polar surface area (TPSA) is 86.1 Å². The number of hydrogen-bond acceptors (Lipinski definition) is 6. The summed E-state index contributed by atoms with van der Waals surface area (Å²) in [4.78, 5) is 45.0. The summed E-state index contributed by atoms with van der Waals surface area (Å²) in [5.41, 5.74) is 3.63. The zero-order valence-electron chi connectivity index (χ0n) is 24.7. The summed E-state index contributed by atoms with van der Waals surface area (Å²) >= 11 is 6.11. The van der Waals surface area contributed by atoms with Gasteiger partial charge in [0.2, 0.25) is 5.91 Å². The molecular weight excluding hydrogens is 576 g/mol. The first-order chi connectivity index (χ1) is 21.4. The van der Waals surface area contributed by atoms with E-state index in [4.69, 9.17) is 16.0 Å². The van der Waals surface area contributed by atoms with E-state index in [-0.39, 0.29) is 23.1 Å². The van der Waals surface area contributed by atoms with Crippen molar-refractivity contribution in [1.29, 1.82) is 0 Å². The Labute approximate surface area is 262 Å². The van der Waals surface area contributed by atoms with Crippen LogP contribution in [0.25, 0.3) is 11.0 Å².